The molecule has 0 spiro atoms. The van der Waals surface area contributed by atoms with E-state index >= 15 is 0 Å². The van der Waals surface area contributed by atoms with E-state index in [1.54, 1.807) is 10.9 Å². The highest BCUT2D eigenvalue weighted by Gasteiger charge is 2.12. The van der Waals surface area contributed by atoms with Crippen molar-refractivity contribution in [1.29, 1.82) is 0 Å². The van der Waals surface area contributed by atoms with Gasteiger partial charge >= 0.3 is 0 Å². The van der Waals surface area contributed by atoms with Gasteiger partial charge in [0.2, 0.25) is 0 Å². The lowest BCUT2D eigenvalue weighted by atomic mass is 10.2. The van der Waals surface area contributed by atoms with E-state index in [0.717, 1.165) is 23.1 Å². The second-order valence-electron chi connectivity index (χ2n) is 6.07. The summed E-state index contributed by atoms with van der Waals surface area (Å²) in [5, 5.41) is 16.3. The summed E-state index contributed by atoms with van der Waals surface area (Å²) in [5.74, 6) is -0.280. The van der Waals surface area contributed by atoms with Crippen molar-refractivity contribution < 1.29 is 4.79 Å². The third-order valence-corrected chi connectivity index (χ3v) is 3.94. The number of hydrogen-bond donors (Lipinski definition) is 1. The number of anilines is 1. The minimum absolute atomic E-state index is 0.280. The molecule has 0 unspecified atom stereocenters. The van der Waals surface area contributed by atoms with Crippen molar-refractivity contribution >= 4 is 22.5 Å². The number of benzene rings is 1. The van der Waals surface area contributed by atoms with Crippen LogP contribution < -0.4 is 5.32 Å². The summed E-state index contributed by atoms with van der Waals surface area (Å²) in [4.78, 5) is 14.4. The molecule has 0 saturated carbocycles. The predicted molar refractivity (Wildman–Crippen MR) is 92.0 cm³/mol. The zero-order chi connectivity index (χ0) is 17.3. The summed E-state index contributed by atoms with van der Waals surface area (Å²) in [6.45, 7) is 3.53. The lowest BCUT2D eigenvalue weighted by Gasteiger charge is -2.07. The molecule has 3 rings (SSSR count). The van der Waals surface area contributed by atoms with E-state index in [-0.39, 0.29) is 5.91 Å². The summed E-state index contributed by atoms with van der Waals surface area (Å²) in [5.41, 5.74) is 2.92. The highest BCUT2D eigenvalue weighted by Crippen LogP contribution is 2.21. The Morgan fingerprint density at radius 3 is 2.88 bits per heavy atom. The van der Waals surface area contributed by atoms with E-state index in [2.05, 4.69) is 20.7 Å². The van der Waals surface area contributed by atoms with Crippen LogP contribution in [0.3, 0.4) is 0 Å². The maximum atomic E-state index is 12.3. The van der Waals surface area contributed by atoms with Gasteiger partial charge in [-0.25, -0.2) is 0 Å². The number of carbonyl (C=O) groups is 1. The SMILES string of the molecule is Cc1c2ccc(NC(=O)c3cn(CCN(C)C)nn3)cc2nn1C. The van der Waals surface area contributed by atoms with Gasteiger partial charge in [-0.2, -0.15) is 5.10 Å². The zero-order valence-corrected chi connectivity index (χ0v) is 14.3. The molecule has 1 amide bonds. The molecule has 1 N–H and O–H groups in total. The van der Waals surface area contributed by atoms with Gasteiger partial charge in [0.25, 0.3) is 5.91 Å². The number of carbonyl (C=O) groups excluding carboxylic acids is 1. The molecular formula is C16H21N7O. The van der Waals surface area contributed by atoms with Gasteiger partial charge in [0.15, 0.2) is 5.69 Å². The second-order valence-corrected chi connectivity index (χ2v) is 6.07. The number of likely N-dealkylation sites (N-methyl/N-ethyl adjacent to an activating group) is 1. The third kappa shape index (κ3) is 3.28. The Balaban J connectivity index is 1.72. The van der Waals surface area contributed by atoms with Crippen molar-refractivity contribution in [3.05, 3.63) is 35.8 Å². The Labute approximate surface area is 140 Å². The molecule has 126 valence electrons. The van der Waals surface area contributed by atoms with Gasteiger partial charge in [0, 0.05) is 30.4 Å². The number of rotatable bonds is 5. The first-order chi connectivity index (χ1) is 11.4. The number of aryl methyl sites for hydroxylation is 2. The smallest absolute Gasteiger partial charge is 0.277 e. The lowest BCUT2D eigenvalue weighted by Crippen LogP contribution is -2.18. The van der Waals surface area contributed by atoms with E-state index in [1.165, 1.54) is 0 Å². The van der Waals surface area contributed by atoms with E-state index in [0.29, 0.717) is 17.9 Å². The van der Waals surface area contributed by atoms with Gasteiger partial charge in [-0.1, -0.05) is 5.21 Å². The minimum Gasteiger partial charge on any atom is -0.320 e. The Morgan fingerprint density at radius 1 is 1.33 bits per heavy atom. The van der Waals surface area contributed by atoms with Crippen LogP contribution in [0.1, 0.15) is 16.2 Å². The van der Waals surface area contributed by atoms with Crippen molar-refractivity contribution in [1.82, 2.24) is 29.7 Å². The summed E-state index contributed by atoms with van der Waals surface area (Å²) < 4.78 is 3.49. The molecule has 0 aliphatic heterocycles. The van der Waals surface area contributed by atoms with Gasteiger partial charge in [-0.15, -0.1) is 5.10 Å². The molecule has 0 bridgehead atoms. The van der Waals surface area contributed by atoms with Crippen molar-refractivity contribution in [2.75, 3.05) is 26.0 Å². The predicted octanol–water partition coefficient (Wildman–Crippen LogP) is 1.29. The molecule has 3 aromatic rings. The first kappa shape index (κ1) is 16.1. The van der Waals surface area contributed by atoms with Crippen LogP contribution in [0.2, 0.25) is 0 Å². The highest BCUT2D eigenvalue weighted by atomic mass is 16.2. The third-order valence-electron chi connectivity index (χ3n) is 3.94. The van der Waals surface area contributed by atoms with Crippen LogP contribution >= 0.6 is 0 Å². The molecule has 0 radical (unpaired) electrons. The number of fused-ring (bicyclic) bond motifs is 1. The highest BCUT2D eigenvalue weighted by molar-refractivity contribution is 6.03. The fraction of sp³-hybridized carbons (Fsp3) is 0.375. The molecule has 2 aromatic heterocycles. The van der Waals surface area contributed by atoms with Gasteiger partial charge in [0.05, 0.1) is 18.3 Å². The molecule has 2 heterocycles. The second kappa shape index (κ2) is 6.40. The number of amides is 1. The molecule has 1 aromatic carbocycles. The van der Waals surface area contributed by atoms with Gasteiger partial charge in [-0.3, -0.25) is 14.2 Å². The quantitative estimate of drug-likeness (QED) is 0.764. The first-order valence-electron chi connectivity index (χ1n) is 7.73. The number of nitrogens with zero attached hydrogens (tertiary/aromatic N) is 6. The molecular weight excluding hydrogens is 306 g/mol. The number of hydrogen-bond acceptors (Lipinski definition) is 5. The zero-order valence-electron chi connectivity index (χ0n) is 14.3. The van der Waals surface area contributed by atoms with Gasteiger partial charge in [0.1, 0.15) is 0 Å². The van der Waals surface area contributed by atoms with E-state index < -0.39 is 0 Å². The fourth-order valence-corrected chi connectivity index (χ4v) is 2.42. The topological polar surface area (TPSA) is 80.9 Å². The molecule has 0 fully saturated rings. The molecule has 8 nitrogen and oxygen atoms in total. The Kier molecular flexibility index (Phi) is 4.30. The van der Waals surface area contributed by atoms with Crippen molar-refractivity contribution in [3.63, 3.8) is 0 Å². The monoisotopic (exact) mass is 327 g/mol. The van der Waals surface area contributed by atoms with E-state index in [1.807, 2.05) is 55.8 Å². The summed E-state index contributed by atoms with van der Waals surface area (Å²) in [6.07, 6.45) is 1.66. The fourth-order valence-electron chi connectivity index (χ4n) is 2.42. The molecule has 24 heavy (non-hydrogen) atoms. The summed E-state index contributed by atoms with van der Waals surface area (Å²) in [7, 11) is 5.87. The van der Waals surface area contributed by atoms with Crippen LogP contribution in [0.25, 0.3) is 10.9 Å². The van der Waals surface area contributed by atoms with Crippen LogP contribution in [0, 0.1) is 6.92 Å². The molecule has 0 atom stereocenters. The van der Waals surface area contributed by atoms with Crippen molar-refractivity contribution in [2.45, 2.75) is 13.5 Å². The van der Waals surface area contributed by atoms with Crippen LogP contribution in [-0.2, 0) is 13.6 Å². The van der Waals surface area contributed by atoms with Gasteiger partial charge < -0.3 is 10.2 Å². The van der Waals surface area contributed by atoms with Crippen molar-refractivity contribution in [3.8, 4) is 0 Å². The number of nitrogens with one attached hydrogen (secondary N) is 1. The summed E-state index contributed by atoms with van der Waals surface area (Å²) in [6, 6.07) is 5.68. The molecule has 0 aliphatic rings. The largest absolute Gasteiger partial charge is 0.320 e. The van der Waals surface area contributed by atoms with Gasteiger partial charge in [-0.05, 0) is 39.2 Å². The van der Waals surface area contributed by atoms with E-state index in [9.17, 15) is 4.79 Å². The van der Waals surface area contributed by atoms with Crippen LogP contribution in [0.5, 0.6) is 0 Å². The maximum absolute atomic E-state index is 12.3. The average molecular weight is 327 g/mol. The first-order valence-corrected chi connectivity index (χ1v) is 7.73. The van der Waals surface area contributed by atoms with E-state index in [4.69, 9.17) is 0 Å². The normalized spacial score (nSPS) is 11.4. The van der Waals surface area contributed by atoms with Crippen molar-refractivity contribution in [2.24, 2.45) is 7.05 Å². The lowest BCUT2D eigenvalue weighted by molar-refractivity contribution is 0.102. The van der Waals surface area contributed by atoms with Crippen LogP contribution in [0.4, 0.5) is 5.69 Å². The Hall–Kier alpha value is -2.74. The summed E-state index contributed by atoms with van der Waals surface area (Å²) >= 11 is 0. The molecule has 0 aliphatic carbocycles. The number of aromatic nitrogens is 5. The average Bonchev–Trinajstić information content (AvgIpc) is 3.11. The van der Waals surface area contributed by atoms with Crippen LogP contribution in [-0.4, -0.2) is 56.2 Å². The Morgan fingerprint density at radius 2 is 2.12 bits per heavy atom. The minimum atomic E-state index is -0.280. The maximum Gasteiger partial charge on any atom is 0.277 e. The standard InChI is InChI=1S/C16H21N7O/c1-11-13-6-5-12(9-14(13)19-22(11)4)17-16(24)15-10-23(20-18-15)8-7-21(2)3/h5-6,9-10H,7-8H2,1-4H3,(H,17,24). The molecule has 0 saturated heterocycles. The molecule has 8 heteroatoms. The Bertz CT molecular complexity index is 878. The van der Waals surface area contributed by atoms with Crippen LogP contribution in [0.15, 0.2) is 24.4 Å².